The van der Waals surface area contributed by atoms with Crippen molar-refractivity contribution in [3.8, 4) is 0 Å². The second-order valence-electron chi connectivity index (χ2n) is 10.2. The van der Waals surface area contributed by atoms with Crippen molar-refractivity contribution in [3.05, 3.63) is 98.4 Å². The van der Waals surface area contributed by atoms with Gasteiger partial charge < -0.3 is 10.2 Å². The SMILES string of the molecule is CC[C@@H](C)NC(=O)[C@H](Cc1ccccc1)N(Cc1ccc(Br)cc1)C(=O)CCCN(c1cc(Cl)ccc1Cl)S(C)(=O)=O. The summed E-state index contributed by atoms with van der Waals surface area (Å²) in [5.41, 5.74) is 2.04. The number of anilines is 1. The molecule has 0 heterocycles. The summed E-state index contributed by atoms with van der Waals surface area (Å²) >= 11 is 15.9. The van der Waals surface area contributed by atoms with Gasteiger partial charge in [-0.05, 0) is 61.2 Å². The Bertz CT molecular complexity index is 1460. The molecule has 11 heteroatoms. The number of amides is 2. The number of halogens is 3. The molecule has 0 aliphatic rings. The number of sulfonamides is 1. The topological polar surface area (TPSA) is 86.8 Å². The smallest absolute Gasteiger partial charge is 0.243 e. The zero-order valence-electron chi connectivity index (χ0n) is 23.9. The van der Waals surface area contributed by atoms with E-state index in [1.54, 1.807) is 11.0 Å². The van der Waals surface area contributed by atoms with Crippen LogP contribution in [0.15, 0.2) is 77.3 Å². The zero-order chi connectivity index (χ0) is 30.9. The van der Waals surface area contributed by atoms with Crippen molar-refractivity contribution in [2.75, 3.05) is 17.1 Å². The van der Waals surface area contributed by atoms with Gasteiger partial charge in [-0.25, -0.2) is 8.42 Å². The van der Waals surface area contributed by atoms with E-state index in [1.165, 1.54) is 12.1 Å². The van der Waals surface area contributed by atoms with Gasteiger partial charge in [0.15, 0.2) is 0 Å². The fraction of sp³-hybridized carbons (Fsp3) is 0.355. The van der Waals surface area contributed by atoms with Crippen molar-refractivity contribution in [1.29, 1.82) is 0 Å². The number of nitrogens with zero attached hydrogens (tertiary/aromatic N) is 2. The first-order chi connectivity index (χ1) is 19.9. The molecule has 0 fully saturated rings. The highest BCUT2D eigenvalue weighted by Gasteiger charge is 2.31. The van der Waals surface area contributed by atoms with Crippen molar-refractivity contribution in [3.63, 3.8) is 0 Å². The molecule has 3 aromatic rings. The van der Waals surface area contributed by atoms with Crippen LogP contribution in [0.1, 0.15) is 44.2 Å². The molecule has 0 bridgehead atoms. The molecule has 0 aliphatic carbocycles. The van der Waals surface area contributed by atoms with Gasteiger partial charge in [0.2, 0.25) is 21.8 Å². The molecule has 1 N–H and O–H groups in total. The van der Waals surface area contributed by atoms with Crippen molar-refractivity contribution in [2.24, 2.45) is 0 Å². The Morgan fingerprint density at radius 1 is 0.976 bits per heavy atom. The van der Waals surface area contributed by atoms with E-state index in [0.717, 1.165) is 32.6 Å². The van der Waals surface area contributed by atoms with Crippen LogP contribution in [0.25, 0.3) is 0 Å². The summed E-state index contributed by atoms with van der Waals surface area (Å²) in [5, 5.41) is 3.63. The molecular formula is C31H36BrCl2N3O4S. The van der Waals surface area contributed by atoms with Gasteiger partial charge in [0.25, 0.3) is 0 Å². The number of hydrogen-bond donors (Lipinski definition) is 1. The molecule has 0 radical (unpaired) electrons. The van der Waals surface area contributed by atoms with Crippen LogP contribution in [0.3, 0.4) is 0 Å². The molecule has 42 heavy (non-hydrogen) atoms. The lowest BCUT2D eigenvalue weighted by Crippen LogP contribution is -2.52. The van der Waals surface area contributed by atoms with Crippen molar-refractivity contribution in [2.45, 2.75) is 58.2 Å². The second-order valence-corrected chi connectivity index (χ2v) is 13.9. The maximum Gasteiger partial charge on any atom is 0.243 e. The highest BCUT2D eigenvalue weighted by atomic mass is 79.9. The summed E-state index contributed by atoms with van der Waals surface area (Å²) in [6.07, 6.45) is 2.39. The average molecular weight is 698 g/mol. The van der Waals surface area contributed by atoms with Crippen LogP contribution in [-0.2, 0) is 32.6 Å². The molecule has 226 valence electrons. The largest absolute Gasteiger partial charge is 0.352 e. The first-order valence-electron chi connectivity index (χ1n) is 13.7. The third kappa shape index (κ3) is 10.0. The third-order valence-electron chi connectivity index (χ3n) is 6.87. The van der Waals surface area contributed by atoms with Gasteiger partial charge in [-0.15, -0.1) is 0 Å². The Hall–Kier alpha value is -2.59. The van der Waals surface area contributed by atoms with Crippen LogP contribution < -0.4 is 9.62 Å². The monoisotopic (exact) mass is 695 g/mol. The van der Waals surface area contributed by atoms with Gasteiger partial charge in [0, 0.05) is 41.5 Å². The number of nitrogens with one attached hydrogen (secondary N) is 1. The lowest BCUT2D eigenvalue weighted by Gasteiger charge is -2.33. The van der Waals surface area contributed by atoms with Gasteiger partial charge in [-0.3, -0.25) is 13.9 Å². The van der Waals surface area contributed by atoms with Crippen LogP contribution in [-0.4, -0.2) is 50.0 Å². The fourth-order valence-corrected chi connectivity index (χ4v) is 6.11. The van der Waals surface area contributed by atoms with Gasteiger partial charge in [0.05, 0.1) is 17.0 Å². The van der Waals surface area contributed by atoms with E-state index in [4.69, 9.17) is 23.2 Å². The maximum atomic E-state index is 13.9. The molecule has 0 unspecified atom stereocenters. The molecule has 2 atom stereocenters. The van der Waals surface area contributed by atoms with Gasteiger partial charge in [-0.1, -0.05) is 88.5 Å². The van der Waals surface area contributed by atoms with Crippen molar-refractivity contribution < 1.29 is 18.0 Å². The lowest BCUT2D eigenvalue weighted by atomic mass is 10.0. The first kappa shape index (κ1) is 33.9. The lowest BCUT2D eigenvalue weighted by molar-refractivity contribution is -0.141. The van der Waals surface area contributed by atoms with Crippen LogP contribution in [0.5, 0.6) is 0 Å². The normalized spacial score (nSPS) is 12.8. The molecule has 3 rings (SSSR count). The highest BCUT2D eigenvalue weighted by molar-refractivity contribution is 9.10. The number of carbonyl (C=O) groups is 2. The Labute approximate surface area is 267 Å². The van der Waals surface area contributed by atoms with Gasteiger partial charge >= 0.3 is 0 Å². The first-order valence-corrected chi connectivity index (χ1v) is 17.1. The van der Waals surface area contributed by atoms with Crippen LogP contribution in [0.4, 0.5) is 5.69 Å². The molecule has 3 aromatic carbocycles. The van der Waals surface area contributed by atoms with Gasteiger partial charge in [-0.2, -0.15) is 0 Å². The highest BCUT2D eigenvalue weighted by Crippen LogP contribution is 2.31. The molecule has 2 amide bonds. The molecule has 0 saturated carbocycles. The van der Waals surface area contributed by atoms with E-state index >= 15 is 0 Å². The number of rotatable bonds is 14. The number of carbonyl (C=O) groups excluding carboxylic acids is 2. The summed E-state index contributed by atoms with van der Waals surface area (Å²) in [5.74, 6) is -0.495. The Kier molecular flexibility index (Phi) is 12.7. The standard InChI is InChI=1S/C31H36BrCl2N3O4S/c1-4-22(2)35-31(39)29(19-23-9-6-5-7-10-23)36(21-24-12-14-25(32)15-13-24)30(38)11-8-18-37(42(3,40)41)28-20-26(33)16-17-27(28)34/h5-7,9-10,12-17,20,22,29H,4,8,11,18-19,21H2,1-3H3,(H,35,39)/t22-,29+/m1/s1. The zero-order valence-corrected chi connectivity index (χ0v) is 27.8. The van der Waals surface area contributed by atoms with Crippen molar-refractivity contribution >= 4 is 66.7 Å². The third-order valence-corrected chi connectivity index (χ3v) is 9.13. The van der Waals surface area contributed by atoms with Gasteiger partial charge in [0.1, 0.15) is 6.04 Å². The summed E-state index contributed by atoms with van der Waals surface area (Å²) in [6.45, 7) is 4.15. The van der Waals surface area contributed by atoms with E-state index in [0.29, 0.717) is 11.4 Å². The minimum atomic E-state index is -3.72. The minimum absolute atomic E-state index is 0.0131. The molecule has 0 aliphatic heterocycles. The van der Waals surface area contributed by atoms with E-state index in [9.17, 15) is 18.0 Å². The van der Waals surface area contributed by atoms with E-state index in [-0.39, 0.29) is 54.5 Å². The fourth-order valence-electron chi connectivity index (χ4n) is 4.44. The molecular weight excluding hydrogens is 661 g/mol. The number of benzene rings is 3. The summed E-state index contributed by atoms with van der Waals surface area (Å²) in [7, 11) is -3.72. The minimum Gasteiger partial charge on any atom is -0.352 e. The predicted octanol–water partition coefficient (Wildman–Crippen LogP) is 6.86. The van der Waals surface area contributed by atoms with Crippen LogP contribution in [0.2, 0.25) is 10.0 Å². The Morgan fingerprint density at radius 3 is 2.26 bits per heavy atom. The van der Waals surface area contributed by atoms with E-state index in [1.807, 2.05) is 68.4 Å². The molecule has 0 aromatic heterocycles. The number of hydrogen-bond acceptors (Lipinski definition) is 4. The Morgan fingerprint density at radius 2 is 1.64 bits per heavy atom. The predicted molar refractivity (Wildman–Crippen MR) is 174 cm³/mol. The van der Waals surface area contributed by atoms with E-state index < -0.39 is 16.1 Å². The quantitative estimate of drug-likeness (QED) is 0.200. The Balaban J connectivity index is 1.90. The average Bonchev–Trinajstić information content (AvgIpc) is 2.95. The molecule has 0 spiro atoms. The maximum absolute atomic E-state index is 13.9. The summed E-state index contributed by atoms with van der Waals surface area (Å²) in [6, 6.07) is 20.9. The second kappa shape index (κ2) is 15.8. The van der Waals surface area contributed by atoms with E-state index in [2.05, 4.69) is 21.2 Å². The van der Waals surface area contributed by atoms with Crippen LogP contribution >= 0.6 is 39.1 Å². The molecule has 7 nitrogen and oxygen atoms in total. The van der Waals surface area contributed by atoms with Crippen LogP contribution in [0, 0.1) is 0 Å². The van der Waals surface area contributed by atoms with Crippen molar-refractivity contribution in [1.82, 2.24) is 10.2 Å². The summed E-state index contributed by atoms with van der Waals surface area (Å²) in [4.78, 5) is 29.2. The molecule has 0 saturated heterocycles. The summed E-state index contributed by atoms with van der Waals surface area (Å²) < 4.78 is 27.4.